The number of carbonyl (C=O) groups is 3. The van der Waals surface area contributed by atoms with Crippen molar-refractivity contribution in [1.82, 2.24) is 20.5 Å². The Morgan fingerprint density at radius 2 is 1.60 bits per heavy atom. The van der Waals surface area contributed by atoms with Crippen LogP contribution in [-0.4, -0.2) is 40.8 Å². The van der Waals surface area contributed by atoms with Gasteiger partial charge in [0.15, 0.2) is 0 Å². The third-order valence-corrected chi connectivity index (χ3v) is 3.92. The first-order valence-corrected chi connectivity index (χ1v) is 8.02. The quantitative estimate of drug-likeness (QED) is 0.618. The first-order chi connectivity index (χ1) is 12.2. The van der Waals surface area contributed by atoms with Crippen LogP contribution in [0.3, 0.4) is 0 Å². The molecule has 7 nitrogen and oxygen atoms in total. The van der Waals surface area contributed by atoms with E-state index in [1.54, 1.807) is 36.7 Å². The van der Waals surface area contributed by atoms with Crippen LogP contribution in [0.1, 0.15) is 32.7 Å². The van der Waals surface area contributed by atoms with Gasteiger partial charge in [0, 0.05) is 32.0 Å². The number of hydrogen-bond donors (Lipinski definition) is 2. The van der Waals surface area contributed by atoms with Gasteiger partial charge in [0.05, 0.1) is 11.1 Å². The number of carbonyl (C=O) groups excluding carboxylic acids is 3. The minimum absolute atomic E-state index is 0.275. The summed E-state index contributed by atoms with van der Waals surface area (Å²) in [5.41, 5.74) is 1.84. The second kappa shape index (κ2) is 7.57. The molecule has 1 aliphatic heterocycles. The molecule has 0 aliphatic carbocycles. The predicted octanol–water partition coefficient (Wildman–Crippen LogP) is 1.57. The van der Waals surface area contributed by atoms with Crippen molar-refractivity contribution in [3.05, 3.63) is 65.5 Å². The van der Waals surface area contributed by atoms with Crippen LogP contribution >= 0.6 is 0 Å². The number of pyridine rings is 1. The normalized spacial score (nSPS) is 12.9. The number of hydrogen-bond acceptors (Lipinski definition) is 4. The largest absolute Gasteiger partial charge is 0.338 e. The molecule has 2 N–H and O–H groups in total. The van der Waals surface area contributed by atoms with Gasteiger partial charge < -0.3 is 10.6 Å². The highest BCUT2D eigenvalue weighted by molar-refractivity contribution is 6.21. The van der Waals surface area contributed by atoms with Gasteiger partial charge >= 0.3 is 6.03 Å². The maximum Gasteiger partial charge on any atom is 0.315 e. The molecule has 0 spiro atoms. The maximum absolute atomic E-state index is 12.2. The van der Waals surface area contributed by atoms with E-state index < -0.39 is 0 Å². The Kier molecular flexibility index (Phi) is 5.03. The molecule has 0 bridgehead atoms. The molecule has 0 radical (unpaired) electrons. The van der Waals surface area contributed by atoms with Crippen LogP contribution in [0.2, 0.25) is 0 Å². The topological polar surface area (TPSA) is 91.4 Å². The summed E-state index contributed by atoms with van der Waals surface area (Å²) in [4.78, 5) is 41.3. The standard InChI is InChI=1S/C18H18N4O3/c23-16-14-4-1-2-5-15(14)17(24)22(16)11-3-8-20-18(25)21-12-13-6-9-19-10-7-13/h1-2,4-7,9-10H,3,8,11-12H2,(H2,20,21,25). The molecule has 25 heavy (non-hydrogen) atoms. The summed E-state index contributed by atoms with van der Waals surface area (Å²) in [5, 5.41) is 5.45. The van der Waals surface area contributed by atoms with Crippen molar-refractivity contribution in [3.8, 4) is 0 Å². The number of nitrogens with zero attached hydrogens (tertiary/aromatic N) is 2. The van der Waals surface area contributed by atoms with E-state index in [0.717, 1.165) is 5.56 Å². The third-order valence-electron chi connectivity index (χ3n) is 3.92. The van der Waals surface area contributed by atoms with Gasteiger partial charge in [-0.3, -0.25) is 19.5 Å². The molecule has 3 rings (SSSR count). The number of amides is 4. The van der Waals surface area contributed by atoms with Crippen molar-refractivity contribution in [1.29, 1.82) is 0 Å². The second-order valence-corrected chi connectivity index (χ2v) is 5.63. The zero-order valence-corrected chi connectivity index (χ0v) is 13.6. The van der Waals surface area contributed by atoms with Crippen LogP contribution in [0.5, 0.6) is 0 Å². The summed E-state index contributed by atoms with van der Waals surface area (Å²) in [6.45, 7) is 1.05. The third kappa shape index (κ3) is 3.82. The minimum atomic E-state index is -0.292. The molecule has 0 saturated heterocycles. The molecule has 0 unspecified atom stereocenters. The Morgan fingerprint density at radius 3 is 2.24 bits per heavy atom. The van der Waals surface area contributed by atoms with Gasteiger partial charge in [0.2, 0.25) is 0 Å². The molecule has 0 atom stereocenters. The molecule has 1 aromatic heterocycles. The van der Waals surface area contributed by atoms with E-state index in [9.17, 15) is 14.4 Å². The van der Waals surface area contributed by atoms with Gasteiger partial charge in [0.25, 0.3) is 11.8 Å². The summed E-state index contributed by atoms with van der Waals surface area (Å²) < 4.78 is 0. The van der Waals surface area contributed by atoms with Crippen molar-refractivity contribution in [2.45, 2.75) is 13.0 Å². The Bertz CT molecular complexity index is 757. The van der Waals surface area contributed by atoms with Crippen LogP contribution < -0.4 is 10.6 Å². The molecular weight excluding hydrogens is 320 g/mol. The van der Waals surface area contributed by atoms with Crippen LogP contribution in [-0.2, 0) is 6.54 Å². The molecule has 128 valence electrons. The number of imide groups is 1. The molecule has 2 heterocycles. The van der Waals surface area contributed by atoms with Gasteiger partial charge in [-0.1, -0.05) is 12.1 Å². The number of urea groups is 1. The fourth-order valence-corrected chi connectivity index (χ4v) is 2.63. The van der Waals surface area contributed by atoms with Crippen LogP contribution in [0, 0.1) is 0 Å². The fraction of sp³-hybridized carbons (Fsp3) is 0.222. The summed E-state index contributed by atoms with van der Waals surface area (Å²) in [5.74, 6) is -0.550. The highest BCUT2D eigenvalue weighted by Gasteiger charge is 2.34. The van der Waals surface area contributed by atoms with Crippen molar-refractivity contribution < 1.29 is 14.4 Å². The Labute approximate surface area is 145 Å². The average Bonchev–Trinajstić information content (AvgIpc) is 2.89. The molecule has 0 fully saturated rings. The number of fused-ring (bicyclic) bond motifs is 1. The number of rotatable bonds is 6. The first-order valence-electron chi connectivity index (χ1n) is 8.02. The minimum Gasteiger partial charge on any atom is -0.338 e. The molecule has 1 aromatic carbocycles. The molecular formula is C18H18N4O3. The van der Waals surface area contributed by atoms with Crippen molar-refractivity contribution in [3.63, 3.8) is 0 Å². The summed E-state index contributed by atoms with van der Waals surface area (Å²) in [6.07, 6.45) is 3.82. The van der Waals surface area contributed by atoms with Gasteiger partial charge in [-0.15, -0.1) is 0 Å². The van der Waals surface area contributed by atoms with E-state index in [-0.39, 0.29) is 24.4 Å². The highest BCUT2D eigenvalue weighted by Crippen LogP contribution is 2.22. The van der Waals surface area contributed by atoms with Gasteiger partial charge in [-0.25, -0.2) is 4.79 Å². The lowest BCUT2D eigenvalue weighted by Gasteiger charge is -2.14. The van der Waals surface area contributed by atoms with Crippen molar-refractivity contribution >= 4 is 17.8 Å². The van der Waals surface area contributed by atoms with E-state index in [0.29, 0.717) is 30.6 Å². The number of aromatic nitrogens is 1. The average molecular weight is 338 g/mol. The van der Waals surface area contributed by atoms with E-state index in [1.807, 2.05) is 12.1 Å². The Balaban J connectivity index is 1.40. The molecule has 1 aliphatic rings. The van der Waals surface area contributed by atoms with Gasteiger partial charge in [-0.05, 0) is 36.2 Å². The van der Waals surface area contributed by atoms with Crippen molar-refractivity contribution in [2.24, 2.45) is 0 Å². The van der Waals surface area contributed by atoms with E-state index in [4.69, 9.17) is 0 Å². The van der Waals surface area contributed by atoms with E-state index >= 15 is 0 Å². The van der Waals surface area contributed by atoms with Crippen LogP contribution in [0.15, 0.2) is 48.8 Å². The molecule has 7 heteroatoms. The zero-order chi connectivity index (χ0) is 17.6. The predicted molar refractivity (Wildman–Crippen MR) is 90.9 cm³/mol. The number of nitrogens with one attached hydrogen (secondary N) is 2. The van der Waals surface area contributed by atoms with Gasteiger partial charge in [-0.2, -0.15) is 0 Å². The summed E-state index contributed by atoms with van der Waals surface area (Å²) in [6, 6.07) is 10.1. The summed E-state index contributed by atoms with van der Waals surface area (Å²) >= 11 is 0. The Hall–Kier alpha value is -3.22. The maximum atomic E-state index is 12.2. The lowest BCUT2D eigenvalue weighted by atomic mass is 10.1. The van der Waals surface area contributed by atoms with Gasteiger partial charge in [0.1, 0.15) is 0 Å². The van der Waals surface area contributed by atoms with E-state index in [2.05, 4.69) is 15.6 Å². The van der Waals surface area contributed by atoms with Crippen LogP contribution in [0.4, 0.5) is 4.79 Å². The monoisotopic (exact) mass is 338 g/mol. The first kappa shape index (κ1) is 16.6. The number of benzene rings is 1. The molecule has 2 aromatic rings. The highest BCUT2D eigenvalue weighted by atomic mass is 16.2. The lowest BCUT2D eigenvalue weighted by Crippen LogP contribution is -2.37. The zero-order valence-electron chi connectivity index (χ0n) is 13.6. The molecule has 4 amide bonds. The summed E-state index contributed by atoms with van der Waals surface area (Å²) in [7, 11) is 0. The van der Waals surface area contributed by atoms with Crippen LogP contribution in [0.25, 0.3) is 0 Å². The lowest BCUT2D eigenvalue weighted by molar-refractivity contribution is 0.0653. The van der Waals surface area contributed by atoms with Crippen molar-refractivity contribution in [2.75, 3.05) is 13.1 Å². The molecule has 0 saturated carbocycles. The second-order valence-electron chi connectivity index (χ2n) is 5.63. The van der Waals surface area contributed by atoms with E-state index in [1.165, 1.54) is 4.90 Å². The fourth-order valence-electron chi connectivity index (χ4n) is 2.63. The SMILES string of the molecule is O=C(NCCCN1C(=O)c2ccccc2C1=O)NCc1ccncc1. The Morgan fingerprint density at radius 1 is 0.960 bits per heavy atom. The smallest absolute Gasteiger partial charge is 0.315 e.